The predicted molar refractivity (Wildman–Crippen MR) is 87.1 cm³/mol. The van der Waals surface area contributed by atoms with Crippen LogP contribution in [0.5, 0.6) is 5.75 Å². The van der Waals surface area contributed by atoms with Gasteiger partial charge in [0.25, 0.3) is 0 Å². The molecule has 118 valence electrons. The summed E-state index contributed by atoms with van der Waals surface area (Å²) in [5.74, 6) is 0.854. The lowest BCUT2D eigenvalue weighted by Gasteiger charge is -2.08. The van der Waals surface area contributed by atoms with Gasteiger partial charge in [0.2, 0.25) is 0 Å². The number of hydrogen-bond acceptors (Lipinski definition) is 3. The second kappa shape index (κ2) is 11.1. The summed E-state index contributed by atoms with van der Waals surface area (Å²) < 4.78 is 11.1. The first-order chi connectivity index (χ1) is 10.2. The van der Waals surface area contributed by atoms with Gasteiger partial charge in [0.15, 0.2) is 0 Å². The molecule has 0 aromatic heterocycles. The molecule has 0 aliphatic rings. The molecule has 0 aliphatic carbocycles. The molecule has 21 heavy (non-hydrogen) atoms. The number of hydrogen-bond donors (Lipinski definition) is 2. The van der Waals surface area contributed by atoms with Crippen LogP contribution in [0.25, 0.3) is 0 Å². The normalized spacial score (nSPS) is 10.5. The minimum absolute atomic E-state index is 0.0730. The van der Waals surface area contributed by atoms with Crippen LogP contribution in [0.2, 0.25) is 0 Å². The van der Waals surface area contributed by atoms with Crippen molar-refractivity contribution in [2.45, 2.75) is 45.4 Å². The van der Waals surface area contributed by atoms with E-state index in [1.54, 1.807) is 12.1 Å². The zero-order chi connectivity index (χ0) is 15.3. The van der Waals surface area contributed by atoms with Crippen molar-refractivity contribution in [2.24, 2.45) is 5.73 Å². The third-order valence-corrected chi connectivity index (χ3v) is 3.30. The molecule has 0 unspecified atom stereocenters. The van der Waals surface area contributed by atoms with Crippen LogP contribution in [0, 0.1) is 5.41 Å². The molecule has 0 spiro atoms. The van der Waals surface area contributed by atoms with Gasteiger partial charge in [-0.2, -0.15) is 0 Å². The molecule has 0 fully saturated rings. The predicted octanol–water partition coefficient (Wildman–Crippen LogP) is 3.73. The molecule has 0 heterocycles. The number of nitrogens with two attached hydrogens (primary N) is 1. The summed E-state index contributed by atoms with van der Waals surface area (Å²) in [7, 11) is 0. The third kappa shape index (κ3) is 8.35. The lowest BCUT2D eigenvalue weighted by molar-refractivity contribution is 0.0971. The Balaban J connectivity index is 1.98. The summed E-state index contributed by atoms with van der Waals surface area (Å²) in [6, 6.07) is 7.22. The Morgan fingerprint density at radius 3 is 2.29 bits per heavy atom. The van der Waals surface area contributed by atoms with Crippen molar-refractivity contribution in [3.8, 4) is 5.75 Å². The monoisotopic (exact) mass is 292 g/mol. The first-order valence-electron chi connectivity index (χ1n) is 7.89. The van der Waals surface area contributed by atoms with Crippen molar-refractivity contribution < 1.29 is 9.47 Å². The maximum absolute atomic E-state index is 7.31. The number of amidine groups is 1. The second-order valence-corrected chi connectivity index (χ2v) is 5.17. The van der Waals surface area contributed by atoms with E-state index >= 15 is 0 Å². The molecule has 3 N–H and O–H groups in total. The highest BCUT2D eigenvalue weighted by Gasteiger charge is 1.98. The van der Waals surface area contributed by atoms with Crippen LogP contribution in [0.15, 0.2) is 24.3 Å². The Morgan fingerprint density at radius 2 is 1.62 bits per heavy atom. The van der Waals surface area contributed by atoms with E-state index in [9.17, 15) is 0 Å². The number of rotatable bonds is 12. The highest BCUT2D eigenvalue weighted by molar-refractivity contribution is 5.94. The molecule has 0 atom stereocenters. The summed E-state index contributed by atoms with van der Waals surface area (Å²) >= 11 is 0. The van der Waals surface area contributed by atoms with Crippen LogP contribution in [0.3, 0.4) is 0 Å². The zero-order valence-electron chi connectivity index (χ0n) is 13.1. The van der Waals surface area contributed by atoms with Crippen LogP contribution in [-0.2, 0) is 4.74 Å². The lowest BCUT2D eigenvalue weighted by atomic mass is 10.1. The lowest BCUT2D eigenvalue weighted by Crippen LogP contribution is -2.11. The van der Waals surface area contributed by atoms with Gasteiger partial charge in [-0.3, -0.25) is 5.41 Å². The second-order valence-electron chi connectivity index (χ2n) is 5.17. The van der Waals surface area contributed by atoms with Crippen molar-refractivity contribution in [3.63, 3.8) is 0 Å². The number of benzene rings is 1. The molecular formula is C17H28N2O2. The molecule has 4 nitrogen and oxygen atoms in total. The van der Waals surface area contributed by atoms with Gasteiger partial charge in [0, 0.05) is 12.2 Å². The Kier molecular flexibility index (Phi) is 9.29. The van der Waals surface area contributed by atoms with E-state index in [1.165, 1.54) is 32.1 Å². The van der Waals surface area contributed by atoms with Crippen LogP contribution in [-0.4, -0.2) is 25.7 Å². The van der Waals surface area contributed by atoms with Gasteiger partial charge < -0.3 is 15.2 Å². The van der Waals surface area contributed by atoms with E-state index in [4.69, 9.17) is 20.6 Å². The maximum Gasteiger partial charge on any atom is 0.122 e. The van der Waals surface area contributed by atoms with Crippen molar-refractivity contribution in [2.75, 3.05) is 19.8 Å². The number of nitrogens with one attached hydrogen (secondary N) is 1. The van der Waals surface area contributed by atoms with E-state index in [1.807, 2.05) is 12.1 Å². The summed E-state index contributed by atoms with van der Waals surface area (Å²) in [5, 5.41) is 7.31. The Bertz CT molecular complexity index is 390. The van der Waals surface area contributed by atoms with Gasteiger partial charge in [-0.05, 0) is 30.7 Å². The summed E-state index contributed by atoms with van der Waals surface area (Å²) in [4.78, 5) is 0. The van der Waals surface area contributed by atoms with E-state index in [0.717, 1.165) is 18.8 Å². The molecule has 0 amide bonds. The SMILES string of the molecule is CCCCCCCCOCCOc1ccc(C(=N)N)cc1. The van der Waals surface area contributed by atoms with Crippen molar-refractivity contribution in [1.82, 2.24) is 0 Å². The number of unbranched alkanes of at least 4 members (excludes halogenated alkanes) is 5. The number of nitrogen functional groups attached to an aromatic ring is 1. The van der Waals surface area contributed by atoms with Crippen LogP contribution in [0.4, 0.5) is 0 Å². The first-order valence-corrected chi connectivity index (χ1v) is 7.89. The van der Waals surface area contributed by atoms with Crippen molar-refractivity contribution in [1.29, 1.82) is 5.41 Å². The Hall–Kier alpha value is -1.55. The fraction of sp³-hybridized carbons (Fsp3) is 0.588. The van der Waals surface area contributed by atoms with Gasteiger partial charge >= 0.3 is 0 Å². The van der Waals surface area contributed by atoms with Gasteiger partial charge in [-0.1, -0.05) is 39.0 Å². The van der Waals surface area contributed by atoms with E-state index < -0.39 is 0 Å². The van der Waals surface area contributed by atoms with Crippen LogP contribution < -0.4 is 10.5 Å². The average molecular weight is 292 g/mol. The highest BCUT2D eigenvalue weighted by Crippen LogP contribution is 2.11. The van der Waals surface area contributed by atoms with Gasteiger partial charge in [0.05, 0.1) is 6.61 Å². The van der Waals surface area contributed by atoms with Crippen LogP contribution in [0.1, 0.15) is 51.0 Å². The molecule has 1 aromatic carbocycles. The minimum Gasteiger partial charge on any atom is -0.491 e. The smallest absolute Gasteiger partial charge is 0.122 e. The molecule has 1 aromatic rings. The fourth-order valence-corrected chi connectivity index (χ4v) is 2.04. The molecule has 4 heteroatoms. The summed E-state index contributed by atoms with van der Waals surface area (Å²) in [5.41, 5.74) is 6.10. The summed E-state index contributed by atoms with van der Waals surface area (Å²) in [6.45, 7) is 4.22. The molecule has 0 bridgehead atoms. The van der Waals surface area contributed by atoms with Crippen LogP contribution >= 0.6 is 0 Å². The average Bonchev–Trinajstić information content (AvgIpc) is 2.49. The van der Waals surface area contributed by atoms with Crippen molar-refractivity contribution in [3.05, 3.63) is 29.8 Å². The topological polar surface area (TPSA) is 68.3 Å². The number of ether oxygens (including phenoxy) is 2. The largest absolute Gasteiger partial charge is 0.491 e. The van der Waals surface area contributed by atoms with Gasteiger partial charge in [0.1, 0.15) is 18.2 Å². The third-order valence-electron chi connectivity index (χ3n) is 3.30. The first kappa shape index (κ1) is 17.5. The standard InChI is InChI=1S/C17H28N2O2/c1-2-3-4-5-6-7-12-20-13-14-21-16-10-8-15(9-11-16)17(18)19/h8-11H,2-7,12-14H2,1H3,(H3,18,19). The molecule has 1 rings (SSSR count). The van der Waals surface area contributed by atoms with Crippen molar-refractivity contribution >= 4 is 5.84 Å². The Morgan fingerprint density at radius 1 is 0.952 bits per heavy atom. The van der Waals surface area contributed by atoms with E-state index in [0.29, 0.717) is 18.8 Å². The minimum atomic E-state index is 0.0730. The molecular weight excluding hydrogens is 264 g/mol. The molecule has 0 saturated carbocycles. The molecule has 0 aliphatic heterocycles. The molecule has 0 saturated heterocycles. The maximum atomic E-state index is 7.31. The quantitative estimate of drug-likeness (QED) is 0.350. The van der Waals surface area contributed by atoms with E-state index in [2.05, 4.69) is 6.92 Å². The van der Waals surface area contributed by atoms with Gasteiger partial charge in [-0.25, -0.2) is 0 Å². The van der Waals surface area contributed by atoms with E-state index in [-0.39, 0.29) is 5.84 Å². The fourth-order valence-electron chi connectivity index (χ4n) is 2.04. The molecule has 0 radical (unpaired) electrons. The highest BCUT2D eigenvalue weighted by atomic mass is 16.5. The zero-order valence-corrected chi connectivity index (χ0v) is 13.1. The van der Waals surface area contributed by atoms with Gasteiger partial charge in [-0.15, -0.1) is 0 Å². The Labute approximate surface area is 128 Å². The summed E-state index contributed by atoms with van der Waals surface area (Å²) in [6.07, 6.45) is 7.69.